The number of unbranched alkanes of at least 4 members (excludes halogenated alkanes) is 3. The summed E-state index contributed by atoms with van der Waals surface area (Å²) in [6.45, 7) is 4.89. The number of aryl methyl sites for hydroxylation is 1. The molecule has 0 bridgehead atoms. The monoisotopic (exact) mass is 471 g/mol. The number of nitrogens with one attached hydrogen (secondary N) is 2. The Morgan fingerprint density at radius 1 is 1.03 bits per heavy atom. The van der Waals surface area contributed by atoms with Gasteiger partial charge in [-0.3, -0.25) is 9.59 Å². The number of carbonyl (C=O) groups is 2. The molecule has 0 spiro atoms. The smallest absolute Gasteiger partial charge is 0.240 e. The lowest BCUT2D eigenvalue weighted by atomic mass is 10.1. The molecule has 0 aliphatic carbocycles. The summed E-state index contributed by atoms with van der Waals surface area (Å²) in [5.41, 5.74) is 2.43. The molecule has 0 saturated carbocycles. The highest BCUT2D eigenvalue weighted by Crippen LogP contribution is 2.29. The second-order valence-electron chi connectivity index (χ2n) is 8.36. The Labute approximate surface area is 196 Å². The van der Waals surface area contributed by atoms with Crippen molar-refractivity contribution < 1.29 is 18.0 Å². The van der Waals surface area contributed by atoms with E-state index in [1.807, 2.05) is 31.2 Å². The van der Waals surface area contributed by atoms with E-state index >= 15 is 0 Å². The molecule has 1 heterocycles. The first-order valence-corrected chi connectivity index (χ1v) is 13.1. The lowest BCUT2D eigenvalue weighted by Gasteiger charge is -2.20. The standard InChI is InChI=1S/C25H33N3O4S/c1-3-5-6-9-16-26-33(31,32)22-14-12-21(13-15-22)27-25(30)20-17-24(29)28(18-20)23-11-8-7-10-19(23)4-2/h7-8,10-15,20,26H,3-6,9,16-18H2,1-2H3,(H,27,30). The highest BCUT2D eigenvalue weighted by atomic mass is 32.2. The molecule has 2 aromatic carbocycles. The van der Waals surface area contributed by atoms with Gasteiger partial charge in [0.25, 0.3) is 0 Å². The molecule has 0 aromatic heterocycles. The molecule has 33 heavy (non-hydrogen) atoms. The van der Waals surface area contributed by atoms with Crippen LogP contribution < -0.4 is 14.9 Å². The summed E-state index contributed by atoms with van der Waals surface area (Å²) in [5.74, 6) is -0.775. The van der Waals surface area contributed by atoms with Crippen molar-refractivity contribution in [3.05, 3.63) is 54.1 Å². The minimum Gasteiger partial charge on any atom is -0.326 e. The van der Waals surface area contributed by atoms with Crippen LogP contribution in [0.1, 0.15) is 51.5 Å². The van der Waals surface area contributed by atoms with E-state index in [-0.39, 0.29) is 23.1 Å². The van der Waals surface area contributed by atoms with Gasteiger partial charge in [0, 0.05) is 30.9 Å². The van der Waals surface area contributed by atoms with Crippen molar-refractivity contribution in [2.75, 3.05) is 23.3 Å². The fraction of sp³-hybridized carbons (Fsp3) is 0.440. The molecule has 1 fully saturated rings. The summed E-state index contributed by atoms with van der Waals surface area (Å²) < 4.78 is 27.5. The molecule has 7 nitrogen and oxygen atoms in total. The van der Waals surface area contributed by atoms with Crippen molar-refractivity contribution in [3.63, 3.8) is 0 Å². The van der Waals surface area contributed by atoms with Crippen LogP contribution in [-0.4, -0.2) is 33.3 Å². The maximum Gasteiger partial charge on any atom is 0.240 e. The van der Waals surface area contributed by atoms with Crippen molar-refractivity contribution in [1.82, 2.24) is 4.72 Å². The number of hydrogen-bond acceptors (Lipinski definition) is 4. The number of sulfonamides is 1. The van der Waals surface area contributed by atoms with E-state index in [2.05, 4.69) is 17.0 Å². The van der Waals surface area contributed by atoms with Gasteiger partial charge in [-0.1, -0.05) is 51.3 Å². The van der Waals surface area contributed by atoms with Crippen molar-refractivity contribution in [1.29, 1.82) is 0 Å². The molecule has 178 valence electrons. The molecule has 1 atom stereocenters. The number of anilines is 2. The molecule has 8 heteroatoms. The summed E-state index contributed by atoms with van der Waals surface area (Å²) >= 11 is 0. The van der Waals surface area contributed by atoms with Crippen LogP contribution in [0.4, 0.5) is 11.4 Å². The van der Waals surface area contributed by atoms with E-state index < -0.39 is 15.9 Å². The SMILES string of the molecule is CCCCCCNS(=O)(=O)c1ccc(NC(=O)C2CC(=O)N(c3ccccc3CC)C2)cc1. The molecule has 2 N–H and O–H groups in total. The Morgan fingerprint density at radius 2 is 1.76 bits per heavy atom. The number of nitrogens with zero attached hydrogens (tertiary/aromatic N) is 1. The Hall–Kier alpha value is -2.71. The van der Waals surface area contributed by atoms with Gasteiger partial charge in [-0.2, -0.15) is 0 Å². The molecule has 0 radical (unpaired) electrons. The predicted molar refractivity (Wildman–Crippen MR) is 131 cm³/mol. The Bertz CT molecular complexity index is 1070. The fourth-order valence-corrected chi connectivity index (χ4v) is 5.07. The summed E-state index contributed by atoms with van der Waals surface area (Å²) in [6, 6.07) is 13.8. The quantitative estimate of drug-likeness (QED) is 0.482. The summed E-state index contributed by atoms with van der Waals surface area (Å²) in [5, 5.41) is 2.82. The first-order valence-electron chi connectivity index (χ1n) is 11.6. The maximum atomic E-state index is 12.8. The lowest BCUT2D eigenvalue weighted by molar-refractivity contribution is -0.122. The average molecular weight is 472 g/mol. The van der Waals surface area contributed by atoms with E-state index in [1.54, 1.807) is 17.0 Å². The summed E-state index contributed by atoms with van der Waals surface area (Å²) in [6.07, 6.45) is 4.94. The maximum absolute atomic E-state index is 12.8. The number of rotatable bonds is 11. The van der Waals surface area contributed by atoms with Crippen LogP contribution in [0.15, 0.2) is 53.4 Å². The van der Waals surface area contributed by atoms with Gasteiger partial charge < -0.3 is 10.2 Å². The third-order valence-electron chi connectivity index (χ3n) is 5.91. The van der Waals surface area contributed by atoms with Gasteiger partial charge in [-0.25, -0.2) is 13.1 Å². The number of hydrogen-bond donors (Lipinski definition) is 2. The molecule has 1 unspecified atom stereocenters. The number of amides is 2. The zero-order valence-electron chi connectivity index (χ0n) is 19.3. The molecule has 2 aromatic rings. The van der Waals surface area contributed by atoms with E-state index in [4.69, 9.17) is 0 Å². The average Bonchev–Trinajstić information content (AvgIpc) is 3.20. The van der Waals surface area contributed by atoms with Crippen molar-refractivity contribution >= 4 is 33.2 Å². The van der Waals surface area contributed by atoms with Crippen molar-refractivity contribution in [3.8, 4) is 0 Å². The molecule has 2 amide bonds. The zero-order valence-corrected chi connectivity index (χ0v) is 20.2. The van der Waals surface area contributed by atoms with Gasteiger partial charge in [0.2, 0.25) is 21.8 Å². The van der Waals surface area contributed by atoms with Crippen LogP contribution in [0, 0.1) is 5.92 Å². The van der Waals surface area contributed by atoms with Crippen molar-refractivity contribution in [2.24, 2.45) is 5.92 Å². The number of carbonyl (C=O) groups excluding carboxylic acids is 2. The van der Waals surface area contributed by atoms with E-state index in [0.29, 0.717) is 18.8 Å². The second-order valence-corrected chi connectivity index (χ2v) is 10.1. The zero-order chi connectivity index (χ0) is 23.8. The van der Waals surface area contributed by atoms with E-state index in [0.717, 1.165) is 43.4 Å². The molecule has 1 aliphatic rings. The summed E-state index contributed by atoms with van der Waals surface area (Å²) in [7, 11) is -3.57. The Kier molecular flexibility index (Phi) is 8.63. The Morgan fingerprint density at radius 3 is 2.45 bits per heavy atom. The van der Waals surface area contributed by atoms with Gasteiger partial charge in [0.05, 0.1) is 10.8 Å². The van der Waals surface area contributed by atoms with E-state index in [1.165, 1.54) is 12.1 Å². The van der Waals surface area contributed by atoms with Crippen LogP contribution in [-0.2, 0) is 26.0 Å². The van der Waals surface area contributed by atoms with Crippen LogP contribution in [0.25, 0.3) is 0 Å². The first-order chi connectivity index (χ1) is 15.9. The van der Waals surface area contributed by atoms with Gasteiger partial charge in [-0.15, -0.1) is 0 Å². The van der Waals surface area contributed by atoms with Crippen LogP contribution >= 0.6 is 0 Å². The largest absolute Gasteiger partial charge is 0.326 e. The minimum absolute atomic E-state index is 0.0671. The van der Waals surface area contributed by atoms with Gasteiger partial charge in [-0.05, 0) is 48.7 Å². The fourth-order valence-electron chi connectivity index (χ4n) is 3.99. The van der Waals surface area contributed by atoms with Crippen LogP contribution in [0.5, 0.6) is 0 Å². The van der Waals surface area contributed by atoms with Crippen molar-refractivity contribution in [2.45, 2.75) is 57.3 Å². The van der Waals surface area contributed by atoms with Crippen LogP contribution in [0.3, 0.4) is 0 Å². The van der Waals surface area contributed by atoms with E-state index in [9.17, 15) is 18.0 Å². The van der Waals surface area contributed by atoms with Gasteiger partial charge in [0.15, 0.2) is 0 Å². The molecule has 1 aliphatic heterocycles. The predicted octanol–water partition coefficient (Wildman–Crippen LogP) is 4.10. The highest BCUT2D eigenvalue weighted by molar-refractivity contribution is 7.89. The lowest BCUT2D eigenvalue weighted by Crippen LogP contribution is -2.28. The molecular formula is C25H33N3O4S. The first kappa shape index (κ1) is 24.9. The molecule has 3 rings (SSSR count). The Balaban J connectivity index is 1.58. The second kappa shape index (κ2) is 11.4. The minimum atomic E-state index is -3.57. The summed E-state index contributed by atoms with van der Waals surface area (Å²) in [4.78, 5) is 27.2. The third kappa shape index (κ3) is 6.42. The van der Waals surface area contributed by atoms with Gasteiger partial charge in [0.1, 0.15) is 0 Å². The van der Waals surface area contributed by atoms with Crippen LogP contribution in [0.2, 0.25) is 0 Å². The normalized spacial score (nSPS) is 16.2. The molecule has 1 saturated heterocycles. The van der Waals surface area contributed by atoms with Gasteiger partial charge >= 0.3 is 0 Å². The number of benzene rings is 2. The third-order valence-corrected chi connectivity index (χ3v) is 7.39. The number of para-hydroxylation sites is 1. The highest BCUT2D eigenvalue weighted by Gasteiger charge is 2.35. The molecular weight excluding hydrogens is 438 g/mol. The topological polar surface area (TPSA) is 95.6 Å².